The second-order valence-corrected chi connectivity index (χ2v) is 11.2. The molecule has 3 aromatic carbocycles. The molecule has 3 aromatic rings. The Labute approximate surface area is 228 Å². The van der Waals surface area contributed by atoms with Crippen LogP contribution in [0, 0.1) is 5.82 Å². The maximum absolute atomic E-state index is 14.6. The highest BCUT2D eigenvalue weighted by Crippen LogP contribution is 2.25. The average Bonchev–Trinajstić information content (AvgIpc) is 2.91. The van der Waals surface area contributed by atoms with E-state index in [1.807, 2.05) is 13.8 Å². The summed E-state index contributed by atoms with van der Waals surface area (Å²) in [6.07, 6.45) is 0.681. The smallest absolute Gasteiger partial charge is 0.264 e. The molecule has 0 saturated heterocycles. The number of rotatable bonds is 11. The highest BCUT2D eigenvalue weighted by molar-refractivity contribution is 7.92. The van der Waals surface area contributed by atoms with Crippen LogP contribution in [0.3, 0.4) is 0 Å². The van der Waals surface area contributed by atoms with Crippen LogP contribution in [-0.4, -0.2) is 43.8 Å². The van der Waals surface area contributed by atoms with E-state index in [2.05, 4.69) is 5.32 Å². The molecular weight excluding hydrogens is 529 g/mol. The van der Waals surface area contributed by atoms with Crippen LogP contribution in [-0.2, 0) is 26.2 Å². The lowest BCUT2D eigenvalue weighted by Crippen LogP contribution is -2.52. The van der Waals surface area contributed by atoms with E-state index in [1.54, 1.807) is 36.4 Å². The molecule has 0 aliphatic heterocycles. The highest BCUT2D eigenvalue weighted by Gasteiger charge is 2.33. The molecule has 3 rings (SSSR count). The molecule has 2 amide bonds. The molecule has 0 radical (unpaired) electrons. The fourth-order valence-electron chi connectivity index (χ4n) is 3.72. The number of amides is 2. The van der Waals surface area contributed by atoms with Crippen molar-refractivity contribution >= 4 is 39.1 Å². The van der Waals surface area contributed by atoms with Gasteiger partial charge in [-0.3, -0.25) is 13.9 Å². The van der Waals surface area contributed by atoms with Gasteiger partial charge in [-0.1, -0.05) is 54.9 Å². The number of carbonyl (C=O) groups excluding carboxylic acids is 2. The van der Waals surface area contributed by atoms with Crippen molar-refractivity contribution in [1.29, 1.82) is 0 Å². The lowest BCUT2D eigenvalue weighted by molar-refractivity contribution is -0.139. The normalized spacial score (nSPS) is 12.9. The fourth-order valence-corrected chi connectivity index (χ4v) is 5.26. The van der Waals surface area contributed by atoms with Crippen LogP contribution in [0.15, 0.2) is 83.8 Å². The number of para-hydroxylation sites is 1. The summed E-state index contributed by atoms with van der Waals surface area (Å²) in [6, 6.07) is 18.6. The summed E-state index contributed by atoms with van der Waals surface area (Å²) in [6.45, 7) is 4.46. The van der Waals surface area contributed by atoms with Crippen LogP contribution in [0.1, 0.15) is 32.8 Å². The minimum Gasteiger partial charge on any atom is -0.352 e. The van der Waals surface area contributed by atoms with Crippen LogP contribution >= 0.6 is 11.6 Å². The molecule has 202 valence electrons. The summed E-state index contributed by atoms with van der Waals surface area (Å²) < 4.78 is 42.9. The largest absolute Gasteiger partial charge is 0.352 e. The molecule has 7 nitrogen and oxygen atoms in total. The molecule has 0 spiro atoms. The number of nitrogens with zero attached hydrogens (tertiary/aromatic N) is 2. The zero-order valence-electron chi connectivity index (χ0n) is 21.5. The molecule has 0 aliphatic rings. The van der Waals surface area contributed by atoms with Crippen LogP contribution in [0.4, 0.5) is 10.1 Å². The maximum atomic E-state index is 14.6. The van der Waals surface area contributed by atoms with Gasteiger partial charge >= 0.3 is 0 Å². The van der Waals surface area contributed by atoms with E-state index in [1.165, 1.54) is 54.3 Å². The topological polar surface area (TPSA) is 86.8 Å². The predicted molar refractivity (Wildman–Crippen MR) is 147 cm³/mol. The van der Waals surface area contributed by atoms with Gasteiger partial charge in [-0.15, -0.1) is 0 Å². The van der Waals surface area contributed by atoms with Crippen molar-refractivity contribution in [3.05, 3.63) is 95.3 Å². The van der Waals surface area contributed by atoms with Crippen molar-refractivity contribution in [2.45, 2.75) is 50.7 Å². The first-order valence-corrected chi connectivity index (χ1v) is 14.0. The van der Waals surface area contributed by atoms with E-state index in [4.69, 9.17) is 11.6 Å². The molecule has 2 atom stereocenters. The van der Waals surface area contributed by atoms with Crippen molar-refractivity contribution in [2.24, 2.45) is 0 Å². The van der Waals surface area contributed by atoms with Crippen molar-refractivity contribution in [3.63, 3.8) is 0 Å². The van der Waals surface area contributed by atoms with Gasteiger partial charge < -0.3 is 10.2 Å². The molecule has 0 aliphatic carbocycles. The molecule has 1 N–H and O–H groups in total. The summed E-state index contributed by atoms with van der Waals surface area (Å²) in [5.74, 6) is -1.62. The molecule has 0 bridgehead atoms. The first-order valence-electron chi connectivity index (χ1n) is 12.2. The summed E-state index contributed by atoms with van der Waals surface area (Å²) in [5, 5.41) is 3.20. The second-order valence-electron chi connectivity index (χ2n) is 8.91. The molecular formula is C28H31ClFN3O4S. The molecule has 38 heavy (non-hydrogen) atoms. The standard InChI is InChI=1S/C28H31ClFN3O4S/c1-4-20(2)31-28(35)21(3)32(18-22-10-8-9-13-26(22)30)27(34)19-33(24-11-6-5-7-12-24)38(36,37)25-16-14-23(29)15-17-25/h5-17,20-21H,4,18-19H2,1-3H3,(H,31,35). The van der Waals surface area contributed by atoms with E-state index in [0.29, 0.717) is 11.4 Å². The lowest BCUT2D eigenvalue weighted by Gasteiger charge is -2.32. The van der Waals surface area contributed by atoms with E-state index in [-0.39, 0.29) is 28.7 Å². The predicted octanol–water partition coefficient (Wildman–Crippen LogP) is 5.01. The first-order chi connectivity index (χ1) is 18.0. The number of sulfonamides is 1. The first kappa shape index (κ1) is 29.1. The SMILES string of the molecule is CCC(C)NC(=O)C(C)N(Cc1ccccc1F)C(=O)CN(c1ccccc1)S(=O)(=O)c1ccc(Cl)cc1. The zero-order chi connectivity index (χ0) is 27.9. The number of carbonyl (C=O) groups is 2. The Hall–Kier alpha value is -3.43. The summed E-state index contributed by atoms with van der Waals surface area (Å²) in [5.41, 5.74) is 0.467. The monoisotopic (exact) mass is 559 g/mol. The van der Waals surface area contributed by atoms with Crippen molar-refractivity contribution < 1.29 is 22.4 Å². The van der Waals surface area contributed by atoms with Gasteiger partial charge in [0.05, 0.1) is 10.6 Å². The highest BCUT2D eigenvalue weighted by atomic mass is 35.5. The Balaban J connectivity index is 2.01. The van der Waals surface area contributed by atoms with Crippen LogP contribution < -0.4 is 9.62 Å². The van der Waals surface area contributed by atoms with Crippen molar-refractivity contribution in [3.8, 4) is 0 Å². The van der Waals surface area contributed by atoms with Gasteiger partial charge in [-0.2, -0.15) is 0 Å². The molecule has 0 saturated carbocycles. The van der Waals surface area contributed by atoms with E-state index < -0.39 is 40.2 Å². The average molecular weight is 560 g/mol. The number of nitrogens with one attached hydrogen (secondary N) is 1. The Morgan fingerprint density at radius 1 is 0.947 bits per heavy atom. The van der Waals surface area contributed by atoms with Gasteiger partial charge in [-0.25, -0.2) is 12.8 Å². The van der Waals surface area contributed by atoms with Crippen molar-refractivity contribution in [1.82, 2.24) is 10.2 Å². The number of benzene rings is 3. The third-order valence-electron chi connectivity index (χ3n) is 6.19. The molecule has 0 aromatic heterocycles. The third kappa shape index (κ3) is 7.11. The Morgan fingerprint density at radius 2 is 1.55 bits per heavy atom. The minimum atomic E-state index is -4.20. The van der Waals surface area contributed by atoms with E-state index in [0.717, 1.165) is 4.31 Å². The number of hydrogen-bond acceptors (Lipinski definition) is 4. The van der Waals surface area contributed by atoms with Gasteiger partial charge in [0.2, 0.25) is 11.8 Å². The molecule has 10 heteroatoms. The minimum absolute atomic E-state index is 0.0539. The Morgan fingerprint density at radius 3 is 2.16 bits per heavy atom. The fraction of sp³-hybridized carbons (Fsp3) is 0.286. The number of halogens is 2. The summed E-state index contributed by atoms with van der Waals surface area (Å²) >= 11 is 5.95. The van der Waals surface area contributed by atoms with Crippen LogP contribution in [0.5, 0.6) is 0 Å². The zero-order valence-corrected chi connectivity index (χ0v) is 23.0. The van der Waals surface area contributed by atoms with Crippen LogP contribution in [0.25, 0.3) is 0 Å². The number of hydrogen-bond donors (Lipinski definition) is 1. The van der Waals surface area contributed by atoms with E-state index >= 15 is 0 Å². The van der Waals surface area contributed by atoms with E-state index in [9.17, 15) is 22.4 Å². The van der Waals surface area contributed by atoms with Crippen LogP contribution in [0.2, 0.25) is 5.02 Å². The Bertz CT molecular complexity index is 1350. The lowest BCUT2D eigenvalue weighted by atomic mass is 10.1. The van der Waals surface area contributed by atoms with Gasteiger partial charge in [0.1, 0.15) is 18.4 Å². The molecule has 0 heterocycles. The van der Waals surface area contributed by atoms with Gasteiger partial charge in [-0.05, 0) is 62.7 Å². The molecule has 0 fully saturated rings. The Kier molecular flexibility index (Phi) is 9.88. The quantitative estimate of drug-likeness (QED) is 0.358. The van der Waals surface area contributed by atoms with Crippen molar-refractivity contribution in [2.75, 3.05) is 10.8 Å². The maximum Gasteiger partial charge on any atom is 0.264 e. The third-order valence-corrected chi connectivity index (χ3v) is 8.23. The van der Waals surface area contributed by atoms with Gasteiger partial charge in [0, 0.05) is 23.2 Å². The molecule has 2 unspecified atom stereocenters. The second kappa shape index (κ2) is 12.9. The summed E-state index contributed by atoms with van der Waals surface area (Å²) in [7, 11) is -4.20. The number of anilines is 1. The summed E-state index contributed by atoms with van der Waals surface area (Å²) in [4.78, 5) is 27.9. The van der Waals surface area contributed by atoms with Gasteiger partial charge in [0.25, 0.3) is 10.0 Å². The van der Waals surface area contributed by atoms with Gasteiger partial charge in [0.15, 0.2) is 0 Å².